The van der Waals surface area contributed by atoms with Gasteiger partial charge in [0.15, 0.2) is 0 Å². The monoisotopic (exact) mass is 619 g/mol. The van der Waals surface area contributed by atoms with E-state index in [9.17, 15) is 18.0 Å². The normalized spacial score (nSPS) is 12.1. The van der Waals surface area contributed by atoms with Gasteiger partial charge < -0.3 is 15.0 Å². The Balaban J connectivity index is 2.10. The number of carbonyl (C=O) groups is 2. The average Bonchev–Trinajstić information content (AvgIpc) is 2.90. The second kappa shape index (κ2) is 14.1. The van der Waals surface area contributed by atoms with Crippen LogP contribution in [0.15, 0.2) is 71.6 Å². The summed E-state index contributed by atoms with van der Waals surface area (Å²) < 4.78 is 34.2. The van der Waals surface area contributed by atoms with E-state index >= 15 is 0 Å². The molecule has 0 spiro atoms. The molecular weight excluding hydrogens is 585 g/mol. The van der Waals surface area contributed by atoms with E-state index in [0.29, 0.717) is 17.7 Å². The van der Waals surface area contributed by atoms with Crippen LogP contribution in [0.5, 0.6) is 5.75 Å². The van der Waals surface area contributed by atoms with Gasteiger partial charge in [0.25, 0.3) is 10.0 Å². The number of methoxy groups -OCH3 is 1. The molecule has 11 heteroatoms. The van der Waals surface area contributed by atoms with Crippen LogP contribution >= 0.6 is 23.2 Å². The van der Waals surface area contributed by atoms with Crippen molar-refractivity contribution in [1.82, 2.24) is 10.2 Å². The fourth-order valence-electron chi connectivity index (χ4n) is 4.32. The van der Waals surface area contributed by atoms with E-state index in [-0.39, 0.29) is 39.1 Å². The third kappa shape index (κ3) is 8.38. The van der Waals surface area contributed by atoms with Crippen LogP contribution in [0.3, 0.4) is 0 Å². The topological polar surface area (TPSA) is 96.0 Å². The number of sulfonamides is 1. The molecule has 1 atom stereocenters. The van der Waals surface area contributed by atoms with Gasteiger partial charge >= 0.3 is 0 Å². The van der Waals surface area contributed by atoms with Crippen LogP contribution in [-0.4, -0.2) is 50.9 Å². The first-order valence-corrected chi connectivity index (χ1v) is 15.3. The largest absolute Gasteiger partial charge is 0.497 e. The molecule has 3 rings (SSSR count). The van der Waals surface area contributed by atoms with Crippen LogP contribution in [0.25, 0.3) is 0 Å². The molecule has 1 N–H and O–H groups in total. The Bertz CT molecular complexity index is 1460. The average molecular weight is 621 g/mol. The van der Waals surface area contributed by atoms with Gasteiger partial charge in [0.2, 0.25) is 11.8 Å². The third-order valence-corrected chi connectivity index (χ3v) is 8.55. The molecule has 0 saturated heterocycles. The van der Waals surface area contributed by atoms with Gasteiger partial charge in [0.1, 0.15) is 18.3 Å². The molecule has 41 heavy (non-hydrogen) atoms. The smallest absolute Gasteiger partial charge is 0.264 e. The minimum absolute atomic E-state index is 0.00376. The molecule has 0 aliphatic heterocycles. The number of nitrogens with zero attached hydrogens (tertiary/aromatic N) is 2. The van der Waals surface area contributed by atoms with Crippen molar-refractivity contribution in [3.05, 3.63) is 87.9 Å². The number of anilines is 1. The zero-order valence-corrected chi connectivity index (χ0v) is 26.1. The highest BCUT2D eigenvalue weighted by Crippen LogP contribution is 2.30. The Kier molecular flexibility index (Phi) is 11.1. The lowest BCUT2D eigenvalue weighted by Gasteiger charge is -2.33. The third-order valence-electron chi connectivity index (χ3n) is 6.33. The van der Waals surface area contributed by atoms with Gasteiger partial charge in [0, 0.05) is 22.6 Å². The number of halogens is 2. The molecule has 220 valence electrons. The van der Waals surface area contributed by atoms with E-state index in [1.165, 1.54) is 42.3 Å². The Hall–Kier alpha value is -3.27. The lowest BCUT2D eigenvalue weighted by Crippen LogP contribution is -2.53. The molecule has 3 aromatic carbocycles. The van der Waals surface area contributed by atoms with E-state index in [1.807, 2.05) is 26.8 Å². The molecule has 0 bridgehead atoms. The van der Waals surface area contributed by atoms with Crippen molar-refractivity contribution >= 4 is 50.7 Å². The summed E-state index contributed by atoms with van der Waals surface area (Å²) in [6.07, 6.45) is 0.308. The van der Waals surface area contributed by atoms with Gasteiger partial charge in [-0.3, -0.25) is 13.9 Å². The Morgan fingerprint density at radius 3 is 2.17 bits per heavy atom. The minimum Gasteiger partial charge on any atom is -0.497 e. The number of ether oxygens (including phenoxy) is 1. The number of carbonyl (C=O) groups excluding carboxylic acids is 2. The molecule has 0 heterocycles. The summed E-state index contributed by atoms with van der Waals surface area (Å²) in [4.78, 5) is 28.8. The maximum Gasteiger partial charge on any atom is 0.264 e. The number of rotatable bonds is 12. The fraction of sp³-hybridized carbons (Fsp3) is 0.333. The van der Waals surface area contributed by atoms with Crippen molar-refractivity contribution in [3.63, 3.8) is 0 Å². The summed E-state index contributed by atoms with van der Waals surface area (Å²) in [5, 5.41) is 3.29. The van der Waals surface area contributed by atoms with Crippen LogP contribution in [0, 0.1) is 6.92 Å². The molecule has 2 amide bonds. The van der Waals surface area contributed by atoms with Gasteiger partial charge in [-0.25, -0.2) is 8.42 Å². The van der Waals surface area contributed by atoms with Crippen molar-refractivity contribution in [2.75, 3.05) is 18.0 Å². The van der Waals surface area contributed by atoms with Crippen LogP contribution in [0.4, 0.5) is 5.69 Å². The second-order valence-corrected chi connectivity index (χ2v) is 12.6. The summed E-state index contributed by atoms with van der Waals surface area (Å²) in [6.45, 7) is 6.76. The lowest BCUT2D eigenvalue weighted by molar-refractivity contribution is -0.140. The highest BCUT2D eigenvalue weighted by atomic mass is 35.5. The van der Waals surface area contributed by atoms with Crippen molar-refractivity contribution in [3.8, 4) is 5.75 Å². The van der Waals surface area contributed by atoms with E-state index in [2.05, 4.69) is 5.32 Å². The Labute approximate surface area is 252 Å². The summed E-state index contributed by atoms with van der Waals surface area (Å²) in [5.74, 6) is -0.324. The quantitative estimate of drug-likeness (QED) is 0.275. The number of benzene rings is 3. The predicted molar refractivity (Wildman–Crippen MR) is 163 cm³/mol. The van der Waals surface area contributed by atoms with Crippen molar-refractivity contribution in [2.24, 2.45) is 0 Å². The van der Waals surface area contributed by atoms with Gasteiger partial charge in [-0.15, -0.1) is 0 Å². The highest BCUT2D eigenvalue weighted by molar-refractivity contribution is 7.92. The van der Waals surface area contributed by atoms with E-state index < -0.39 is 28.5 Å². The molecule has 0 unspecified atom stereocenters. The first-order valence-electron chi connectivity index (χ1n) is 13.1. The number of hydrogen-bond donors (Lipinski definition) is 1. The predicted octanol–water partition coefficient (Wildman–Crippen LogP) is 5.84. The summed E-state index contributed by atoms with van der Waals surface area (Å²) >= 11 is 12.5. The number of nitrogens with one attached hydrogen (secondary N) is 1. The van der Waals surface area contributed by atoms with Gasteiger partial charge in [0.05, 0.1) is 17.7 Å². The van der Waals surface area contributed by atoms with Crippen molar-refractivity contribution in [1.29, 1.82) is 0 Å². The van der Waals surface area contributed by atoms with E-state index in [0.717, 1.165) is 9.87 Å². The standard InChI is InChI=1S/C30H35Cl2N3O5S/c1-6-28(30(37)33-20(2)3)34(18-22-8-7-9-26(14-22)40-5)29(36)19-35(25-16-23(31)15-24(32)17-25)41(38,39)27-12-10-21(4)11-13-27/h7-17,20,28H,6,18-19H2,1-5H3,(H,33,37)/t28-/m0/s1. The van der Waals surface area contributed by atoms with Gasteiger partial charge in [-0.2, -0.15) is 0 Å². The number of aryl methyl sites for hydroxylation is 1. The lowest BCUT2D eigenvalue weighted by atomic mass is 10.1. The molecule has 8 nitrogen and oxygen atoms in total. The Morgan fingerprint density at radius 2 is 1.61 bits per heavy atom. The Morgan fingerprint density at radius 1 is 0.976 bits per heavy atom. The molecular formula is C30H35Cl2N3O5S. The maximum atomic E-state index is 14.1. The zero-order valence-electron chi connectivity index (χ0n) is 23.7. The number of hydrogen-bond acceptors (Lipinski definition) is 5. The van der Waals surface area contributed by atoms with Crippen molar-refractivity contribution < 1.29 is 22.7 Å². The zero-order chi connectivity index (χ0) is 30.3. The molecule has 0 fully saturated rings. The summed E-state index contributed by atoms with van der Waals surface area (Å²) in [6, 6.07) is 16.8. The molecule has 0 saturated carbocycles. The first-order chi connectivity index (χ1) is 19.3. The van der Waals surface area contributed by atoms with E-state index in [4.69, 9.17) is 27.9 Å². The van der Waals surface area contributed by atoms with Gasteiger partial charge in [-0.1, -0.05) is 60.0 Å². The number of amides is 2. The van der Waals surface area contributed by atoms with Crippen molar-refractivity contribution in [2.45, 2.75) is 57.6 Å². The van der Waals surface area contributed by atoms with E-state index in [1.54, 1.807) is 37.3 Å². The van der Waals surface area contributed by atoms with Crippen LogP contribution in [0.2, 0.25) is 10.0 Å². The van der Waals surface area contributed by atoms with Crippen LogP contribution in [-0.2, 0) is 26.2 Å². The molecule has 0 radical (unpaired) electrons. The van der Waals surface area contributed by atoms with Crippen LogP contribution < -0.4 is 14.4 Å². The fourth-order valence-corrected chi connectivity index (χ4v) is 6.23. The first kappa shape index (κ1) is 32.2. The summed E-state index contributed by atoms with van der Waals surface area (Å²) in [5.41, 5.74) is 1.72. The molecule has 3 aromatic rings. The van der Waals surface area contributed by atoms with Gasteiger partial charge in [-0.05, 0) is 75.2 Å². The highest BCUT2D eigenvalue weighted by Gasteiger charge is 2.34. The maximum absolute atomic E-state index is 14.1. The SMILES string of the molecule is CC[C@@H](C(=O)NC(C)C)N(Cc1cccc(OC)c1)C(=O)CN(c1cc(Cl)cc(Cl)c1)S(=O)(=O)c1ccc(C)cc1. The molecule has 0 aromatic heterocycles. The molecule has 0 aliphatic carbocycles. The molecule has 0 aliphatic rings. The summed E-state index contributed by atoms with van der Waals surface area (Å²) in [7, 11) is -2.70. The minimum atomic E-state index is -4.24. The van der Waals surface area contributed by atoms with Crippen LogP contribution in [0.1, 0.15) is 38.3 Å². The second-order valence-electron chi connectivity index (χ2n) is 9.91.